The van der Waals surface area contributed by atoms with Crippen LogP contribution in [0.15, 0.2) is 59.6 Å². The summed E-state index contributed by atoms with van der Waals surface area (Å²) >= 11 is 7.32. The molecule has 0 unspecified atom stereocenters. The first kappa shape index (κ1) is 20.4. The summed E-state index contributed by atoms with van der Waals surface area (Å²) in [6, 6.07) is 17.4. The van der Waals surface area contributed by atoms with Gasteiger partial charge in [0.15, 0.2) is 0 Å². The molecule has 2 aromatic carbocycles. The topological polar surface area (TPSA) is 72.7 Å². The number of thioether (sulfide) groups is 1. The van der Waals surface area contributed by atoms with Crippen LogP contribution in [0.1, 0.15) is 17.0 Å². The highest BCUT2D eigenvalue weighted by Gasteiger charge is 2.18. The highest BCUT2D eigenvalue weighted by Crippen LogP contribution is 2.29. The number of carbonyl (C=O) groups excluding carboxylic acids is 1. The van der Waals surface area contributed by atoms with Gasteiger partial charge in [-0.15, -0.1) is 5.10 Å². The SMILES string of the molecule is Cc1nnc(SCC(=O)NCc2cccc(Cl)c2)c2nn(-c3ccccc3)c(C)c12. The highest BCUT2D eigenvalue weighted by molar-refractivity contribution is 8.00. The number of fused-ring (bicyclic) bond motifs is 1. The van der Waals surface area contributed by atoms with Gasteiger partial charge in [-0.3, -0.25) is 4.79 Å². The number of hydrogen-bond donors (Lipinski definition) is 1. The summed E-state index contributed by atoms with van der Waals surface area (Å²) in [5.74, 6) is 0.139. The molecule has 6 nitrogen and oxygen atoms in total. The van der Waals surface area contributed by atoms with Gasteiger partial charge in [0.25, 0.3) is 0 Å². The smallest absolute Gasteiger partial charge is 0.230 e. The first-order valence-corrected chi connectivity index (χ1v) is 10.8. The molecule has 0 spiro atoms. The van der Waals surface area contributed by atoms with Crippen molar-refractivity contribution < 1.29 is 4.79 Å². The molecule has 4 aromatic rings. The minimum absolute atomic E-state index is 0.0882. The van der Waals surface area contributed by atoms with Gasteiger partial charge in [0, 0.05) is 17.0 Å². The fourth-order valence-corrected chi connectivity index (χ4v) is 4.21. The largest absolute Gasteiger partial charge is 0.351 e. The van der Waals surface area contributed by atoms with Crippen molar-refractivity contribution in [3.8, 4) is 5.69 Å². The molecule has 30 heavy (non-hydrogen) atoms. The van der Waals surface area contributed by atoms with Gasteiger partial charge in [-0.05, 0) is 43.7 Å². The number of rotatable bonds is 6. The molecule has 8 heteroatoms. The van der Waals surface area contributed by atoms with Crippen LogP contribution in [0.25, 0.3) is 16.6 Å². The van der Waals surface area contributed by atoms with E-state index in [0.29, 0.717) is 16.6 Å². The standard InChI is InChI=1S/C22H20ClN5OS/c1-14-20-15(2)28(18-9-4-3-5-10-18)27-21(20)22(26-25-14)30-13-19(29)24-12-16-7-6-8-17(23)11-16/h3-11H,12-13H2,1-2H3,(H,24,29). The predicted molar refractivity (Wildman–Crippen MR) is 120 cm³/mol. The van der Waals surface area contributed by atoms with Gasteiger partial charge in [-0.2, -0.15) is 10.2 Å². The Balaban J connectivity index is 1.51. The van der Waals surface area contributed by atoms with Crippen molar-refractivity contribution in [1.82, 2.24) is 25.3 Å². The zero-order chi connectivity index (χ0) is 21.1. The Kier molecular flexibility index (Phi) is 6.01. The van der Waals surface area contributed by atoms with Crippen molar-refractivity contribution in [3.05, 3.63) is 76.6 Å². The van der Waals surface area contributed by atoms with E-state index in [9.17, 15) is 4.79 Å². The number of aromatic nitrogens is 4. The molecule has 0 aliphatic rings. The van der Waals surface area contributed by atoms with Crippen LogP contribution in [0.3, 0.4) is 0 Å². The molecule has 0 atom stereocenters. The monoisotopic (exact) mass is 437 g/mol. The predicted octanol–water partition coefficient (Wildman–Crippen LogP) is 4.49. The number of halogens is 1. The molecule has 1 N–H and O–H groups in total. The number of hydrogen-bond acceptors (Lipinski definition) is 5. The van der Waals surface area contributed by atoms with E-state index in [4.69, 9.17) is 16.7 Å². The Morgan fingerprint density at radius 1 is 1.10 bits per heavy atom. The van der Waals surface area contributed by atoms with Crippen LogP contribution >= 0.6 is 23.4 Å². The Bertz CT molecular complexity index is 1210. The van der Waals surface area contributed by atoms with Gasteiger partial charge < -0.3 is 5.32 Å². The maximum Gasteiger partial charge on any atom is 0.230 e. The van der Waals surface area contributed by atoms with Gasteiger partial charge in [-0.1, -0.05) is 53.7 Å². The van der Waals surface area contributed by atoms with Crippen LogP contribution in [0.4, 0.5) is 0 Å². The second kappa shape index (κ2) is 8.85. The van der Waals surface area contributed by atoms with Crippen molar-refractivity contribution in [2.45, 2.75) is 25.4 Å². The van der Waals surface area contributed by atoms with E-state index in [-0.39, 0.29) is 11.7 Å². The van der Waals surface area contributed by atoms with E-state index in [1.165, 1.54) is 11.8 Å². The molecular weight excluding hydrogens is 418 g/mol. The summed E-state index contributed by atoms with van der Waals surface area (Å²) in [6.07, 6.45) is 0. The molecule has 2 aromatic heterocycles. The fourth-order valence-electron chi connectivity index (χ4n) is 3.25. The minimum Gasteiger partial charge on any atom is -0.351 e. The van der Waals surface area contributed by atoms with Gasteiger partial charge in [0.1, 0.15) is 10.5 Å². The van der Waals surface area contributed by atoms with E-state index in [1.807, 2.05) is 67.1 Å². The summed E-state index contributed by atoms with van der Waals surface area (Å²) in [5.41, 5.74) is 4.50. The molecule has 0 aliphatic carbocycles. The van der Waals surface area contributed by atoms with Crippen LogP contribution in [0.2, 0.25) is 5.02 Å². The molecular formula is C22H20ClN5OS. The van der Waals surface area contributed by atoms with Gasteiger partial charge in [-0.25, -0.2) is 4.68 Å². The second-order valence-electron chi connectivity index (χ2n) is 6.84. The number of amides is 1. The molecule has 1 amide bonds. The number of para-hydroxylation sites is 1. The number of aryl methyl sites for hydroxylation is 2. The maximum absolute atomic E-state index is 12.3. The third-order valence-electron chi connectivity index (χ3n) is 4.69. The summed E-state index contributed by atoms with van der Waals surface area (Å²) in [4.78, 5) is 12.3. The third kappa shape index (κ3) is 4.32. The summed E-state index contributed by atoms with van der Waals surface area (Å²) in [5, 5.41) is 18.5. The second-order valence-corrected chi connectivity index (χ2v) is 8.24. The van der Waals surface area contributed by atoms with Crippen molar-refractivity contribution in [3.63, 3.8) is 0 Å². The van der Waals surface area contributed by atoms with Crippen molar-refractivity contribution >= 4 is 40.2 Å². The number of nitrogens with zero attached hydrogens (tertiary/aromatic N) is 4. The zero-order valence-electron chi connectivity index (χ0n) is 16.6. The van der Waals surface area contributed by atoms with Crippen molar-refractivity contribution in [2.24, 2.45) is 0 Å². The minimum atomic E-state index is -0.0882. The number of benzene rings is 2. The molecule has 0 fully saturated rings. The molecule has 0 saturated heterocycles. The summed E-state index contributed by atoms with van der Waals surface area (Å²) in [6.45, 7) is 4.37. The zero-order valence-corrected chi connectivity index (χ0v) is 18.2. The number of carbonyl (C=O) groups is 1. The molecule has 0 bridgehead atoms. The van der Waals surface area contributed by atoms with Crippen LogP contribution in [0.5, 0.6) is 0 Å². The van der Waals surface area contributed by atoms with E-state index in [1.54, 1.807) is 6.07 Å². The lowest BCUT2D eigenvalue weighted by atomic mass is 10.2. The number of nitrogens with one attached hydrogen (secondary N) is 1. The molecule has 4 rings (SSSR count). The van der Waals surface area contributed by atoms with Crippen LogP contribution in [-0.2, 0) is 11.3 Å². The Morgan fingerprint density at radius 3 is 2.67 bits per heavy atom. The van der Waals surface area contributed by atoms with E-state index in [2.05, 4.69) is 15.5 Å². The highest BCUT2D eigenvalue weighted by atomic mass is 35.5. The van der Waals surface area contributed by atoms with Gasteiger partial charge in [0.05, 0.1) is 22.8 Å². The molecule has 2 heterocycles. The van der Waals surface area contributed by atoms with Gasteiger partial charge >= 0.3 is 0 Å². The van der Waals surface area contributed by atoms with E-state index >= 15 is 0 Å². The average Bonchev–Trinajstić information content (AvgIpc) is 3.11. The molecule has 0 radical (unpaired) electrons. The third-order valence-corrected chi connectivity index (χ3v) is 5.88. The first-order valence-electron chi connectivity index (χ1n) is 9.45. The Hall–Kier alpha value is -2.90. The Labute approximate surface area is 183 Å². The maximum atomic E-state index is 12.3. The quantitative estimate of drug-likeness (QED) is 0.450. The molecule has 0 aliphatic heterocycles. The van der Waals surface area contributed by atoms with Gasteiger partial charge in [0.2, 0.25) is 5.91 Å². The lowest BCUT2D eigenvalue weighted by Crippen LogP contribution is -2.24. The lowest BCUT2D eigenvalue weighted by molar-refractivity contribution is -0.118. The van der Waals surface area contributed by atoms with E-state index in [0.717, 1.165) is 33.5 Å². The van der Waals surface area contributed by atoms with E-state index < -0.39 is 0 Å². The first-order chi connectivity index (χ1) is 14.5. The molecule has 0 saturated carbocycles. The van der Waals surface area contributed by atoms with Crippen LogP contribution < -0.4 is 5.32 Å². The van der Waals surface area contributed by atoms with Crippen LogP contribution in [0, 0.1) is 13.8 Å². The van der Waals surface area contributed by atoms with Crippen LogP contribution in [-0.4, -0.2) is 31.6 Å². The molecule has 152 valence electrons. The fraction of sp³-hybridized carbons (Fsp3) is 0.182. The van der Waals surface area contributed by atoms with Crippen molar-refractivity contribution in [1.29, 1.82) is 0 Å². The summed E-state index contributed by atoms with van der Waals surface area (Å²) < 4.78 is 1.89. The average molecular weight is 438 g/mol. The normalized spacial score (nSPS) is 11.0. The summed E-state index contributed by atoms with van der Waals surface area (Å²) in [7, 11) is 0. The van der Waals surface area contributed by atoms with Crippen molar-refractivity contribution in [2.75, 3.05) is 5.75 Å². The lowest BCUT2D eigenvalue weighted by Gasteiger charge is -2.06. The Morgan fingerprint density at radius 2 is 1.90 bits per heavy atom.